The first-order valence-electron chi connectivity index (χ1n) is 7.95. The number of carboxylic acids is 1. The highest BCUT2D eigenvalue weighted by atomic mass is 16.5. The average molecular weight is 337 g/mol. The van der Waals surface area contributed by atoms with Crippen molar-refractivity contribution < 1.29 is 14.6 Å². The zero-order valence-corrected chi connectivity index (χ0v) is 14.2. The number of methoxy groups -OCH3 is 1. The zero-order chi connectivity index (χ0) is 18.0. The lowest BCUT2D eigenvalue weighted by molar-refractivity contribution is -0.137. The molecule has 0 aliphatic heterocycles. The number of nitrogens with zero attached hydrogens (tertiary/aromatic N) is 1. The van der Waals surface area contributed by atoms with Crippen LogP contribution in [0.4, 0.5) is 0 Å². The third-order valence-corrected chi connectivity index (χ3v) is 4.18. The second-order valence-corrected chi connectivity index (χ2v) is 6.05. The normalized spacial score (nSPS) is 10.8. The summed E-state index contributed by atoms with van der Waals surface area (Å²) >= 11 is 0. The number of carbonyl (C=O) groups is 1. The summed E-state index contributed by atoms with van der Waals surface area (Å²) in [4.78, 5) is 24.1. The van der Waals surface area contributed by atoms with Crippen molar-refractivity contribution in [3.05, 3.63) is 75.6 Å². The van der Waals surface area contributed by atoms with Crippen molar-refractivity contribution in [1.29, 1.82) is 0 Å². The summed E-state index contributed by atoms with van der Waals surface area (Å²) in [7, 11) is 1.53. The van der Waals surface area contributed by atoms with E-state index in [9.17, 15) is 14.7 Å². The molecule has 1 N–H and O–H groups in total. The first kappa shape index (κ1) is 16.8. The van der Waals surface area contributed by atoms with Crippen LogP contribution in [-0.4, -0.2) is 22.8 Å². The van der Waals surface area contributed by atoms with E-state index >= 15 is 0 Å². The summed E-state index contributed by atoms with van der Waals surface area (Å²) in [5, 5.41) is 9.65. The van der Waals surface area contributed by atoms with Gasteiger partial charge in [0.1, 0.15) is 12.3 Å². The summed E-state index contributed by atoms with van der Waals surface area (Å²) in [6.45, 7) is 1.80. The SMILES string of the molecule is COc1ccc2c(c1)c(=O)c(Cc1ccc(C)cc1)cn2CC(=O)O. The third-order valence-electron chi connectivity index (χ3n) is 4.18. The fraction of sp³-hybridized carbons (Fsp3) is 0.200. The molecule has 1 aromatic heterocycles. The molecule has 0 saturated carbocycles. The topological polar surface area (TPSA) is 68.5 Å². The highest BCUT2D eigenvalue weighted by Gasteiger charge is 2.12. The lowest BCUT2D eigenvalue weighted by Gasteiger charge is -2.13. The summed E-state index contributed by atoms with van der Waals surface area (Å²) in [6.07, 6.45) is 2.09. The highest BCUT2D eigenvalue weighted by Crippen LogP contribution is 2.20. The molecule has 5 heteroatoms. The van der Waals surface area contributed by atoms with Gasteiger partial charge in [0, 0.05) is 23.6 Å². The van der Waals surface area contributed by atoms with Gasteiger partial charge in [0.2, 0.25) is 0 Å². The summed E-state index contributed by atoms with van der Waals surface area (Å²) in [6, 6.07) is 13.0. The van der Waals surface area contributed by atoms with Crippen LogP contribution in [0.3, 0.4) is 0 Å². The molecule has 0 spiro atoms. The van der Waals surface area contributed by atoms with E-state index in [0.717, 1.165) is 11.1 Å². The molecule has 0 fully saturated rings. The lowest BCUT2D eigenvalue weighted by atomic mass is 10.0. The van der Waals surface area contributed by atoms with Crippen LogP contribution in [0, 0.1) is 6.92 Å². The fourth-order valence-corrected chi connectivity index (χ4v) is 2.89. The van der Waals surface area contributed by atoms with E-state index in [1.54, 1.807) is 29.0 Å². The average Bonchev–Trinajstić information content (AvgIpc) is 2.60. The molecule has 0 aliphatic carbocycles. The van der Waals surface area contributed by atoms with Crippen LogP contribution in [0.1, 0.15) is 16.7 Å². The van der Waals surface area contributed by atoms with Gasteiger partial charge in [-0.3, -0.25) is 9.59 Å². The first-order chi connectivity index (χ1) is 12.0. The van der Waals surface area contributed by atoms with Gasteiger partial charge in [-0.25, -0.2) is 0 Å². The monoisotopic (exact) mass is 337 g/mol. The van der Waals surface area contributed by atoms with E-state index < -0.39 is 5.97 Å². The number of ether oxygens (including phenoxy) is 1. The number of hydrogen-bond acceptors (Lipinski definition) is 3. The van der Waals surface area contributed by atoms with Crippen LogP contribution >= 0.6 is 0 Å². The number of pyridine rings is 1. The number of aryl methyl sites for hydroxylation is 1. The summed E-state index contributed by atoms with van der Waals surface area (Å²) in [5.74, 6) is -0.388. The van der Waals surface area contributed by atoms with E-state index in [-0.39, 0.29) is 12.0 Å². The molecule has 2 aromatic carbocycles. The predicted molar refractivity (Wildman–Crippen MR) is 96.4 cm³/mol. The molecule has 0 amide bonds. The van der Waals surface area contributed by atoms with Crippen molar-refractivity contribution in [1.82, 2.24) is 4.57 Å². The number of aliphatic carboxylic acids is 1. The standard InChI is InChI=1S/C20H19NO4/c1-13-3-5-14(6-4-13)9-15-11-21(12-19(22)23)18-8-7-16(25-2)10-17(18)20(15)24/h3-8,10-11H,9,12H2,1-2H3,(H,22,23). The summed E-state index contributed by atoms with van der Waals surface area (Å²) < 4.78 is 6.80. The minimum absolute atomic E-state index is 0.101. The van der Waals surface area contributed by atoms with E-state index in [1.807, 2.05) is 31.2 Å². The minimum Gasteiger partial charge on any atom is -0.497 e. The van der Waals surface area contributed by atoms with Crippen molar-refractivity contribution in [2.75, 3.05) is 7.11 Å². The molecule has 0 bridgehead atoms. The smallest absolute Gasteiger partial charge is 0.323 e. The lowest BCUT2D eigenvalue weighted by Crippen LogP contribution is -2.18. The van der Waals surface area contributed by atoms with Crippen LogP contribution in [0.5, 0.6) is 5.75 Å². The van der Waals surface area contributed by atoms with E-state index in [2.05, 4.69) is 0 Å². The van der Waals surface area contributed by atoms with Crippen molar-refractivity contribution in [2.24, 2.45) is 0 Å². The van der Waals surface area contributed by atoms with Crippen LogP contribution in [0.15, 0.2) is 53.5 Å². The van der Waals surface area contributed by atoms with E-state index in [0.29, 0.717) is 28.6 Å². The molecular formula is C20H19NO4. The van der Waals surface area contributed by atoms with Gasteiger partial charge in [0.25, 0.3) is 0 Å². The molecule has 128 valence electrons. The van der Waals surface area contributed by atoms with E-state index in [4.69, 9.17) is 4.74 Å². The van der Waals surface area contributed by atoms with Crippen LogP contribution in [0.25, 0.3) is 10.9 Å². The van der Waals surface area contributed by atoms with Gasteiger partial charge in [-0.2, -0.15) is 0 Å². The Morgan fingerprint density at radius 2 is 1.88 bits per heavy atom. The van der Waals surface area contributed by atoms with Crippen LogP contribution in [-0.2, 0) is 17.8 Å². The number of fused-ring (bicyclic) bond motifs is 1. The molecular weight excluding hydrogens is 318 g/mol. The number of carboxylic acid groups (broad SMARTS) is 1. The molecule has 0 radical (unpaired) electrons. The largest absolute Gasteiger partial charge is 0.497 e. The van der Waals surface area contributed by atoms with Crippen molar-refractivity contribution in [3.63, 3.8) is 0 Å². The Labute approximate surface area is 145 Å². The van der Waals surface area contributed by atoms with Gasteiger partial charge in [-0.15, -0.1) is 0 Å². The molecule has 3 aromatic rings. The Morgan fingerprint density at radius 1 is 1.16 bits per heavy atom. The summed E-state index contributed by atoms with van der Waals surface area (Å²) in [5.41, 5.74) is 3.20. The molecule has 0 saturated heterocycles. The molecule has 3 rings (SSSR count). The highest BCUT2D eigenvalue weighted by molar-refractivity contribution is 5.82. The maximum atomic E-state index is 12.9. The fourth-order valence-electron chi connectivity index (χ4n) is 2.89. The minimum atomic E-state index is -0.956. The van der Waals surface area contributed by atoms with Gasteiger partial charge in [-0.05, 0) is 30.7 Å². The van der Waals surface area contributed by atoms with Gasteiger partial charge >= 0.3 is 5.97 Å². The third kappa shape index (κ3) is 3.55. The molecule has 0 unspecified atom stereocenters. The number of hydrogen-bond donors (Lipinski definition) is 1. The Kier molecular flexibility index (Phi) is 4.57. The molecule has 0 aliphatic rings. The second-order valence-electron chi connectivity index (χ2n) is 6.05. The molecule has 5 nitrogen and oxygen atoms in total. The van der Waals surface area contributed by atoms with E-state index in [1.165, 1.54) is 7.11 Å². The Bertz CT molecular complexity index is 987. The first-order valence-corrected chi connectivity index (χ1v) is 7.95. The maximum absolute atomic E-state index is 12.9. The van der Waals surface area contributed by atoms with Crippen LogP contribution in [0.2, 0.25) is 0 Å². The number of benzene rings is 2. The van der Waals surface area contributed by atoms with Gasteiger partial charge in [-0.1, -0.05) is 29.8 Å². The van der Waals surface area contributed by atoms with Gasteiger partial charge < -0.3 is 14.4 Å². The number of aromatic nitrogens is 1. The zero-order valence-electron chi connectivity index (χ0n) is 14.2. The number of rotatable bonds is 5. The Balaban J connectivity index is 2.16. The Hall–Kier alpha value is -3.08. The van der Waals surface area contributed by atoms with Crippen LogP contribution < -0.4 is 10.2 Å². The predicted octanol–water partition coefficient (Wildman–Crippen LogP) is 2.99. The maximum Gasteiger partial charge on any atom is 0.323 e. The quantitative estimate of drug-likeness (QED) is 0.777. The van der Waals surface area contributed by atoms with Crippen molar-refractivity contribution in [2.45, 2.75) is 19.9 Å². The van der Waals surface area contributed by atoms with Crippen molar-refractivity contribution >= 4 is 16.9 Å². The van der Waals surface area contributed by atoms with Gasteiger partial charge in [0.15, 0.2) is 5.43 Å². The van der Waals surface area contributed by atoms with Crippen molar-refractivity contribution in [3.8, 4) is 5.75 Å². The molecule has 0 atom stereocenters. The van der Waals surface area contributed by atoms with Gasteiger partial charge in [0.05, 0.1) is 12.6 Å². The second kappa shape index (κ2) is 6.81. The molecule has 1 heterocycles. The molecule has 25 heavy (non-hydrogen) atoms. The Morgan fingerprint density at radius 3 is 2.52 bits per heavy atom.